The number of phosphoric acid groups is 1. The molecule has 0 saturated heterocycles. The molecule has 122 valence electrons. The topological polar surface area (TPSA) is 60.5 Å². The average molecular weight is 325 g/mol. The number of hydrogen-bond acceptors (Lipinski definition) is 4. The highest BCUT2D eigenvalue weighted by atomic mass is 31.2. The van der Waals surface area contributed by atoms with Crippen molar-refractivity contribution in [3.8, 4) is 5.75 Å². The standard InChI is InChI=1S/C16H24NO4P/c1-15(2,3)20-22(18,21-16(4,5)6)19-14-9-7-8-13-12(14)10-11-17-13/h7-11,17H,1-6H3. The Bertz CT molecular complexity index is 674. The maximum absolute atomic E-state index is 13.1. The third kappa shape index (κ3) is 4.60. The van der Waals surface area contributed by atoms with E-state index in [1.54, 1.807) is 12.3 Å². The van der Waals surface area contributed by atoms with E-state index < -0.39 is 19.0 Å². The summed E-state index contributed by atoms with van der Waals surface area (Å²) in [5.41, 5.74) is -0.421. The van der Waals surface area contributed by atoms with Crippen molar-refractivity contribution in [3.05, 3.63) is 30.5 Å². The van der Waals surface area contributed by atoms with Crippen LogP contribution in [0.15, 0.2) is 30.5 Å². The lowest BCUT2D eigenvalue weighted by atomic mass is 10.2. The van der Waals surface area contributed by atoms with Gasteiger partial charge in [-0.1, -0.05) is 6.07 Å². The zero-order chi connectivity index (χ0) is 16.6. The normalized spacial score (nSPS) is 13.5. The summed E-state index contributed by atoms with van der Waals surface area (Å²) in [6.45, 7) is 10.9. The third-order valence-corrected chi connectivity index (χ3v) is 4.50. The van der Waals surface area contributed by atoms with E-state index in [2.05, 4.69) is 4.98 Å². The van der Waals surface area contributed by atoms with Gasteiger partial charge >= 0.3 is 7.82 Å². The maximum atomic E-state index is 13.1. The molecule has 0 aliphatic heterocycles. The van der Waals surface area contributed by atoms with Crippen molar-refractivity contribution < 1.29 is 18.1 Å². The van der Waals surface area contributed by atoms with E-state index in [0.29, 0.717) is 5.75 Å². The van der Waals surface area contributed by atoms with E-state index in [1.165, 1.54) is 0 Å². The summed E-state index contributed by atoms with van der Waals surface area (Å²) in [5.74, 6) is 0.468. The largest absolute Gasteiger partial charge is 0.531 e. The quantitative estimate of drug-likeness (QED) is 0.776. The van der Waals surface area contributed by atoms with Crippen LogP contribution in [0.4, 0.5) is 0 Å². The minimum absolute atomic E-state index is 0.468. The lowest BCUT2D eigenvalue weighted by Crippen LogP contribution is -2.25. The van der Waals surface area contributed by atoms with Gasteiger partial charge in [0, 0.05) is 17.1 Å². The van der Waals surface area contributed by atoms with E-state index >= 15 is 0 Å². The molecule has 6 heteroatoms. The minimum Gasteiger partial charge on any atom is -0.403 e. The zero-order valence-electron chi connectivity index (χ0n) is 14.0. The smallest absolute Gasteiger partial charge is 0.403 e. The highest BCUT2D eigenvalue weighted by molar-refractivity contribution is 7.49. The fraction of sp³-hybridized carbons (Fsp3) is 0.500. The predicted molar refractivity (Wildman–Crippen MR) is 88.2 cm³/mol. The van der Waals surface area contributed by atoms with E-state index in [4.69, 9.17) is 13.6 Å². The van der Waals surface area contributed by atoms with Gasteiger partial charge in [-0.2, -0.15) is 0 Å². The van der Waals surface area contributed by atoms with Crippen LogP contribution in [0.2, 0.25) is 0 Å². The van der Waals surface area contributed by atoms with E-state index in [9.17, 15) is 4.57 Å². The van der Waals surface area contributed by atoms with Crippen LogP contribution in [-0.2, 0) is 13.6 Å². The van der Waals surface area contributed by atoms with Crippen LogP contribution >= 0.6 is 7.82 Å². The van der Waals surface area contributed by atoms with Crippen LogP contribution in [0.3, 0.4) is 0 Å². The second-order valence-electron chi connectivity index (χ2n) is 7.14. The fourth-order valence-electron chi connectivity index (χ4n) is 1.98. The molecule has 22 heavy (non-hydrogen) atoms. The number of phosphoric ester groups is 1. The van der Waals surface area contributed by atoms with Crippen molar-refractivity contribution >= 4 is 18.7 Å². The van der Waals surface area contributed by atoms with Gasteiger partial charge in [-0.25, -0.2) is 4.57 Å². The lowest BCUT2D eigenvalue weighted by molar-refractivity contribution is 0.0226. The molecule has 1 N–H and O–H groups in total. The molecule has 0 atom stereocenters. The van der Waals surface area contributed by atoms with Gasteiger partial charge in [-0.05, 0) is 59.7 Å². The monoisotopic (exact) mass is 325 g/mol. The third-order valence-electron chi connectivity index (χ3n) is 2.54. The highest BCUT2D eigenvalue weighted by Gasteiger charge is 2.39. The molecule has 1 heterocycles. The number of nitrogens with one attached hydrogen (secondary N) is 1. The molecule has 0 bridgehead atoms. The first-order valence-corrected chi connectivity index (χ1v) is 8.71. The molecule has 0 spiro atoms. The number of aromatic amines is 1. The van der Waals surface area contributed by atoms with Crippen LogP contribution < -0.4 is 4.52 Å². The summed E-state index contributed by atoms with van der Waals surface area (Å²) >= 11 is 0. The van der Waals surface area contributed by atoms with E-state index in [1.807, 2.05) is 59.7 Å². The number of aromatic nitrogens is 1. The predicted octanol–water partition coefficient (Wildman–Crippen LogP) is 5.29. The zero-order valence-corrected chi connectivity index (χ0v) is 14.9. The summed E-state index contributed by atoms with van der Waals surface area (Å²) in [7, 11) is -3.78. The first-order chi connectivity index (χ1) is 9.98. The van der Waals surface area contributed by atoms with Gasteiger partial charge in [0.25, 0.3) is 0 Å². The Morgan fingerprint density at radius 2 is 1.55 bits per heavy atom. The Morgan fingerprint density at radius 1 is 0.955 bits per heavy atom. The first kappa shape index (κ1) is 17.1. The molecule has 5 nitrogen and oxygen atoms in total. The van der Waals surface area contributed by atoms with Crippen molar-refractivity contribution in [1.82, 2.24) is 4.98 Å². The summed E-state index contributed by atoms with van der Waals surface area (Å²) in [4.78, 5) is 3.09. The molecule has 2 rings (SSSR count). The Kier molecular flexibility index (Phi) is 4.44. The molecular weight excluding hydrogens is 301 g/mol. The van der Waals surface area contributed by atoms with Gasteiger partial charge in [0.2, 0.25) is 0 Å². The number of H-pyrrole nitrogens is 1. The highest BCUT2D eigenvalue weighted by Crippen LogP contribution is 2.55. The molecule has 0 fully saturated rings. The fourth-order valence-corrected chi connectivity index (χ4v) is 3.84. The van der Waals surface area contributed by atoms with Crippen LogP contribution in [0.25, 0.3) is 10.9 Å². The van der Waals surface area contributed by atoms with Gasteiger partial charge in [0.15, 0.2) is 0 Å². The van der Waals surface area contributed by atoms with E-state index in [0.717, 1.165) is 10.9 Å². The van der Waals surface area contributed by atoms with Crippen molar-refractivity contribution in [2.24, 2.45) is 0 Å². The maximum Gasteiger partial charge on any atom is 0.531 e. The second-order valence-corrected chi connectivity index (χ2v) is 8.58. The van der Waals surface area contributed by atoms with Crippen LogP contribution in [-0.4, -0.2) is 16.2 Å². The molecule has 0 amide bonds. The number of rotatable bonds is 4. The van der Waals surface area contributed by atoms with Gasteiger partial charge in [-0.15, -0.1) is 0 Å². The Labute approximate surface area is 131 Å². The Hall–Kier alpha value is -1.29. The van der Waals surface area contributed by atoms with Crippen LogP contribution in [0.5, 0.6) is 5.75 Å². The molecule has 0 saturated carbocycles. The molecule has 1 aromatic heterocycles. The number of fused-ring (bicyclic) bond motifs is 1. The molecule has 2 aromatic rings. The van der Waals surface area contributed by atoms with Crippen LogP contribution in [0, 0.1) is 0 Å². The summed E-state index contributed by atoms with van der Waals surface area (Å²) in [5, 5.41) is 0.831. The van der Waals surface area contributed by atoms with Crippen molar-refractivity contribution in [1.29, 1.82) is 0 Å². The number of hydrogen-bond donors (Lipinski definition) is 1. The van der Waals surface area contributed by atoms with Gasteiger partial charge in [0.1, 0.15) is 5.75 Å². The minimum atomic E-state index is -3.78. The SMILES string of the molecule is CC(C)(C)OP(=O)(Oc1cccc2[nH]ccc12)OC(C)(C)C. The number of benzene rings is 1. The molecule has 1 aromatic carbocycles. The van der Waals surface area contributed by atoms with Crippen LogP contribution in [0.1, 0.15) is 41.5 Å². The Balaban J connectivity index is 2.38. The molecule has 0 aliphatic carbocycles. The van der Waals surface area contributed by atoms with Crippen molar-refractivity contribution in [3.63, 3.8) is 0 Å². The molecular formula is C16H24NO4P. The van der Waals surface area contributed by atoms with Gasteiger partial charge in [-0.3, -0.25) is 9.05 Å². The lowest BCUT2D eigenvalue weighted by Gasteiger charge is -2.30. The summed E-state index contributed by atoms with van der Waals surface area (Å²) in [6.07, 6.45) is 1.80. The molecule has 0 unspecified atom stereocenters. The average Bonchev–Trinajstić information content (AvgIpc) is 2.71. The van der Waals surface area contributed by atoms with Crippen molar-refractivity contribution in [2.45, 2.75) is 52.7 Å². The molecule has 0 aliphatic rings. The summed E-state index contributed by atoms with van der Waals surface area (Å²) < 4.78 is 30.1. The first-order valence-electron chi connectivity index (χ1n) is 7.25. The molecule has 0 radical (unpaired) electrons. The van der Waals surface area contributed by atoms with E-state index in [-0.39, 0.29) is 0 Å². The summed E-state index contributed by atoms with van der Waals surface area (Å²) in [6, 6.07) is 7.36. The van der Waals surface area contributed by atoms with Gasteiger partial charge < -0.3 is 9.51 Å². The Morgan fingerprint density at radius 3 is 2.09 bits per heavy atom. The second kappa shape index (κ2) is 5.73. The van der Waals surface area contributed by atoms with Gasteiger partial charge in [0.05, 0.1) is 11.2 Å². The van der Waals surface area contributed by atoms with Crippen molar-refractivity contribution in [2.75, 3.05) is 0 Å².